The summed E-state index contributed by atoms with van der Waals surface area (Å²) in [4.78, 5) is 11.0. The van der Waals surface area contributed by atoms with Gasteiger partial charge in [0, 0.05) is 5.75 Å². The Balaban J connectivity index is 2.37. The number of rotatable bonds is 5. The summed E-state index contributed by atoms with van der Waals surface area (Å²) < 4.78 is 4.57. The molecule has 1 aliphatic rings. The van der Waals surface area contributed by atoms with Gasteiger partial charge in [0.05, 0.1) is 19.0 Å². The van der Waals surface area contributed by atoms with Crippen molar-refractivity contribution in [2.24, 2.45) is 11.8 Å². The van der Waals surface area contributed by atoms with Crippen molar-refractivity contribution in [3.63, 3.8) is 0 Å². The van der Waals surface area contributed by atoms with Crippen LogP contribution in [0.15, 0.2) is 11.6 Å². The highest BCUT2D eigenvalue weighted by Gasteiger charge is 2.24. The van der Waals surface area contributed by atoms with Gasteiger partial charge < -0.3 is 9.84 Å². The lowest BCUT2D eigenvalue weighted by Gasteiger charge is -2.29. The van der Waals surface area contributed by atoms with Gasteiger partial charge >= 0.3 is 5.97 Å². The molecule has 0 fully saturated rings. The summed E-state index contributed by atoms with van der Waals surface area (Å²) in [5.41, 5.74) is 1.07. The number of hydrogen-bond acceptors (Lipinski definition) is 4. The van der Waals surface area contributed by atoms with Crippen LogP contribution in [0.3, 0.4) is 0 Å². The van der Waals surface area contributed by atoms with E-state index in [2.05, 4.69) is 24.7 Å². The summed E-state index contributed by atoms with van der Waals surface area (Å²) in [7, 11) is 1.39. The van der Waals surface area contributed by atoms with Crippen molar-refractivity contribution in [2.75, 3.05) is 18.6 Å². The molecule has 2 atom stereocenters. The molecule has 0 aromatic carbocycles. The Bertz CT molecular complexity index is 286. The van der Waals surface area contributed by atoms with Gasteiger partial charge in [0.1, 0.15) is 0 Å². The molecule has 3 nitrogen and oxygen atoms in total. The van der Waals surface area contributed by atoms with Crippen LogP contribution in [0.1, 0.15) is 26.7 Å². The van der Waals surface area contributed by atoms with Gasteiger partial charge in [0.15, 0.2) is 0 Å². The van der Waals surface area contributed by atoms with Crippen molar-refractivity contribution in [1.29, 1.82) is 0 Å². The van der Waals surface area contributed by atoms with Crippen LogP contribution < -0.4 is 0 Å². The van der Waals surface area contributed by atoms with Gasteiger partial charge in [0.2, 0.25) is 0 Å². The second-order valence-electron chi connectivity index (χ2n) is 4.84. The summed E-state index contributed by atoms with van der Waals surface area (Å²) in [6.07, 6.45) is 3.70. The topological polar surface area (TPSA) is 46.5 Å². The summed E-state index contributed by atoms with van der Waals surface area (Å²) in [6, 6.07) is 0. The number of methoxy groups -OCH3 is 1. The molecular formula is C13H22O3S. The number of hydrogen-bond donors (Lipinski definition) is 1. The quantitative estimate of drug-likeness (QED) is 0.607. The lowest BCUT2D eigenvalue weighted by atomic mass is 9.81. The standard InChI is InChI=1S/C13H22O3S/c1-9(2)10-4-5-11(12(14)6-10)7-17-8-13(15)16-3/h5,9-10,12,14H,4,6-8H2,1-3H3/t10-,12+/m1/s1. The maximum Gasteiger partial charge on any atom is 0.315 e. The Labute approximate surface area is 108 Å². The molecule has 98 valence electrons. The Morgan fingerprint density at radius 2 is 2.35 bits per heavy atom. The zero-order chi connectivity index (χ0) is 12.8. The van der Waals surface area contributed by atoms with Crippen LogP contribution in [-0.2, 0) is 9.53 Å². The molecule has 0 saturated heterocycles. The average molecular weight is 258 g/mol. The molecule has 0 amide bonds. The lowest BCUT2D eigenvalue weighted by molar-refractivity contribution is -0.137. The largest absolute Gasteiger partial charge is 0.468 e. The molecule has 0 saturated carbocycles. The van der Waals surface area contributed by atoms with E-state index in [-0.39, 0.29) is 12.1 Å². The first-order valence-corrected chi connectivity index (χ1v) is 7.21. The Morgan fingerprint density at radius 1 is 1.65 bits per heavy atom. The molecule has 0 heterocycles. The molecule has 0 radical (unpaired) electrons. The zero-order valence-corrected chi connectivity index (χ0v) is 11.6. The molecule has 0 bridgehead atoms. The predicted octanol–water partition coefficient (Wildman–Crippen LogP) is 2.25. The monoisotopic (exact) mass is 258 g/mol. The molecule has 0 aliphatic heterocycles. The summed E-state index contributed by atoms with van der Waals surface area (Å²) >= 11 is 1.50. The van der Waals surface area contributed by atoms with Crippen molar-refractivity contribution in [1.82, 2.24) is 0 Å². The van der Waals surface area contributed by atoms with Gasteiger partial charge in [0.25, 0.3) is 0 Å². The van der Waals surface area contributed by atoms with Crippen molar-refractivity contribution in [3.05, 3.63) is 11.6 Å². The van der Waals surface area contributed by atoms with E-state index in [0.29, 0.717) is 17.6 Å². The van der Waals surface area contributed by atoms with E-state index < -0.39 is 0 Å². The average Bonchev–Trinajstić information content (AvgIpc) is 2.30. The molecule has 0 unspecified atom stereocenters. The minimum atomic E-state index is -0.332. The highest BCUT2D eigenvalue weighted by atomic mass is 32.2. The highest BCUT2D eigenvalue weighted by molar-refractivity contribution is 8.00. The minimum absolute atomic E-state index is 0.207. The lowest BCUT2D eigenvalue weighted by Crippen LogP contribution is -2.25. The summed E-state index contributed by atoms with van der Waals surface area (Å²) in [5.74, 6) is 2.07. The van der Waals surface area contributed by atoms with E-state index in [0.717, 1.165) is 24.2 Å². The Kier molecular flexibility index (Phi) is 6.06. The molecule has 1 aliphatic carbocycles. The number of thioether (sulfide) groups is 1. The van der Waals surface area contributed by atoms with E-state index in [1.54, 1.807) is 0 Å². The fourth-order valence-corrected chi connectivity index (χ4v) is 2.92. The van der Waals surface area contributed by atoms with Crippen LogP contribution >= 0.6 is 11.8 Å². The molecule has 0 aromatic rings. The van der Waals surface area contributed by atoms with Crippen LogP contribution in [0, 0.1) is 11.8 Å². The summed E-state index contributed by atoms with van der Waals surface area (Å²) in [6.45, 7) is 4.39. The van der Waals surface area contributed by atoms with Gasteiger partial charge in [-0.15, -0.1) is 11.8 Å². The van der Waals surface area contributed by atoms with E-state index in [1.807, 2.05) is 0 Å². The number of carbonyl (C=O) groups excluding carboxylic acids is 1. The number of aliphatic hydroxyl groups excluding tert-OH is 1. The number of allylic oxidation sites excluding steroid dienone is 1. The number of aliphatic hydroxyl groups is 1. The zero-order valence-electron chi connectivity index (χ0n) is 10.8. The van der Waals surface area contributed by atoms with Gasteiger partial charge in [-0.3, -0.25) is 4.79 Å². The van der Waals surface area contributed by atoms with Gasteiger partial charge in [-0.25, -0.2) is 0 Å². The first-order chi connectivity index (χ1) is 8.04. The van der Waals surface area contributed by atoms with E-state index in [4.69, 9.17) is 0 Å². The second-order valence-corrected chi connectivity index (χ2v) is 5.82. The Morgan fingerprint density at radius 3 is 2.88 bits per heavy atom. The van der Waals surface area contributed by atoms with Crippen molar-refractivity contribution < 1.29 is 14.6 Å². The van der Waals surface area contributed by atoms with E-state index >= 15 is 0 Å². The maximum atomic E-state index is 11.0. The molecule has 1 N–H and O–H groups in total. The van der Waals surface area contributed by atoms with Gasteiger partial charge in [-0.1, -0.05) is 19.9 Å². The molecule has 17 heavy (non-hydrogen) atoms. The van der Waals surface area contributed by atoms with E-state index in [1.165, 1.54) is 18.9 Å². The van der Waals surface area contributed by atoms with Crippen LogP contribution in [0.2, 0.25) is 0 Å². The van der Waals surface area contributed by atoms with Crippen LogP contribution in [0.4, 0.5) is 0 Å². The third-order valence-electron chi connectivity index (χ3n) is 3.30. The maximum absolute atomic E-state index is 11.0. The molecular weight excluding hydrogens is 236 g/mol. The number of ether oxygens (including phenoxy) is 1. The normalized spacial score (nSPS) is 24.6. The SMILES string of the molecule is COC(=O)CSCC1=CC[C@@H](C(C)C)C[C@@H]1O. The Hall–Kier alpha value is -0.480. The summed E-state index contributed by atoms with van der Waals surface area (Å²) in [5, 5.41) is 10.0. The minimum Gasteiger partial charge on any atom is -0.468 e. The van der Waals surface area contributed by atoms with Gasteiger partial charge in [-0.2, -0.15) is 0 Å². The number of carbonyl (C=O) groups is 1. The van der Waals surface area contributed by atoms with Gasteiger partial charge in [-0.05, 0) is 30.3 Å². The van der Waals surface area contributed by atoms with Crippen LogP contribution in [-0.4, -0.2) is 35.8 Å². The van der Waals surface area contributed by atoms with Crippen molar-refractivity contribution in [3.8, 4) is 0 Å². The number of esters is 1. The molecule has 0 aromatic heterocycles. The van der Waals surface area contributed by atoms with Crippen molar-refractivity contribution >= 4 is 17.7 Å². The van der Waals surface area contributed by atoms with Crippen molar-refractivity contribution in [2.45, 2.75) is 32.8 Å². The van der Waals surface area contributed by atoms with Crippen LogP contribution in [0.25, 0.3) is 0 Å². The first kappa shape index (κ1) is 14.6. The predicted molar refractivity (Wildman–Crippen MR) is 71.0 cm³/mol. The highest BCUT2D eigenvalue weighted by Crippen LogP contribution is 2.30. The van der Waals surface area contributed by atoms with Crippen LogP contribution in [0.5, 0.6) is 0 Å². The third kappa shape index (κ3) is 4.72. The molecule has 1 rings (SSSR count). The van der Waals surface area contributed by atoms with E-state index in [9.17, 15) is 9.90 Å². The second kappa shape index (κ2) is 7.07. The molecule has 4 heteroatoms. The smallest absolute Gasteiger partial charge is 0.315 e. The fraction of sp³-hybridized carbons (Fsp3) is 0.769. The fourth-order valence-electron chi connectivity index (χ4n) is 1.98. The molecule has 0 spiro atoms. The first-order valence-electron chi connectivity index (χ1n) is 6.06. The third-order valence-corrected chi connectivity index (χ3v) is 4.27.